The Morgan fingerprint density at radius 2 is 1.37 bits per heavy atom. The van der Waals surface area contributed by atoms with Crippen molar-refractivity contribution >= 4 is 34.8 Å². The molecule has 1 heterocycles. The van der Waals surface area contributed by atoms with Crippen molar-refractivity contribution in [1.29, 1.82) is 0 Å². The molecule has 6 heteroatoms. The number of aryl methyl sites for hydroxylation is 2. The summed E-state index contributed by atoms with van der Waals surface area (Å²) in [5.41, 5.74) is 3.43. The van der Waals surface area contributed by atoms with E-state index in [9.17, 15) is 9.59 Å². The van der Waals surface area contributed by atoms with Crippen molar-refractivity contribution in [2.24, 2.45) is 0 Å². The van der Waals surface area contributed by atoms with Gasteiger partial charge < -0.3 is 10.6 Å². The molecule has 0 atom stereocenters. The van der Waals surface area contributed by atoms with Gasteiger partial charge in [-0.2, -0.15) is 0 Å². The van der Waals surface area contributed by atoms with Crippen LogP contribution in [0, 0.1) is 13.8 Å². The lowest BCUT2D eigenvalue weighted by molar-refractivity contribution is 0.101. The summed E-state index contributed by atoms with van der Waals surface area (Å²) in [5, 5.41) is 6.11. The van der Waals surface area contributed by atoms with E-state index < -0.39 is 5.91 Å². The first kappa shape index (κ1) is 18.6. The monoisotopic (exact) mass is 379 g/mol. The van der Waals surface area contributed by atoms with Gasteiger partial charge in [-0.05, 0) is 55.3 Å². The highest BCUT2D eigenvalue weighted by Gasteiger charge is 2.14. The smallest absolute Gasteiger partial charge is 0.274 e. The van der Waals surface area contributed by atoms with E-state index in [0.29, 0.717) is 16.4 Å². The van der Waals surface area contributed by atoms with Crippen LogP contribution in [0.4, 0.5) is 11.4 Å². The van der Waals surface area contributed by atoms with Gasteiger partial charge in [-0.15, -0.1) is 0 Å². The summed E-state index contributed by atoms with van der Waals surface area (Å²) in [6.45, 7) is 3.77. The van der Waals surface area contributed by atoms with Crippen molar-refractivity contribution < 1.29 is 9.59 Å². The minimum Gasteiger partial charge on any atom is -0.320 e. The molecule has 0 fully saturated rings. The number of nitrogens with zero attached hydrogens (tertiary/aromatic N) is 1. The second-order valence-electron chi connectivity index (χ2n) is 6.09. The Labute approximate surface area is 162 Å². The predicted octanol–water partition coefficient (Wildman–Crippen LogP) is 4.86. The Morgan fingerprint density at radius 1 is 0.778 bits per heavy atom. The van der Waals surface area contributed by atoms with E-state index >= 15 is 0 Å². The molecule has 0 spiro atoms. The standard InChI is InChI=1S/C21H18ClN3O2/c1-13-6-3-4-7-16(13)24-20(26)17-8-5-9-18(23-17)21(27)25-19-12-15(22)11-10-14(19)2/h3-12H,1-2H3,(H,24,26)(H,25,27). The number of pyridine rings is 1. The minimum absolute atomic E-state index is 0.145. The zero-order valence-corrected chi connectivity index (χ0v) is 15.7. The van der Waals surface area contributed by atoms with Crippen LogP contribution in [-0.2, 0) is 0 Å². The third-order valence-corrected chi connectivity index (χ3v) is 4.29. The first-order chi connectivity index (χ1) is 12.9. The number of hydrogen-bond acceptors (Lipinski definition) is 3. The largest absolute Gasteiger partial charge is 0.320 e. The molecule has 5 nitrogen and oxygen atoms in total. The first-order valence-corrected chi connectivity index (χ1v) is 8.73. The number of anilines is 2. The molecule has 2 N–H and O–H groups in total. The van der Waals surface area contributed by atoms with Crippen LogP contribution < -0.4 is 10.6 Å². The molecular weight excluding hydrogens is 362 g/mol. The average molecular weight is 380 g/mol. The molecule has 1 aromatic heterocycles. The molecule has 136 valence electrons. The maximum absolute atomic E-state index is 12.5. The second kappa shape index (κ2) is 8.01. The van der Waals surface area contributed by atoms with Crippen molar-refractivity contribution in [2.75, 3.05) is 10.6 Å². The molecule has 0 saturated carbocycles. The van der Waals surface area contributed by atoms with Crippen LogP contribution in [0.1, 0.15) is 32.1 Å². The highest BCUT2D eigenvalue weighted by molar-refractivity contribution is 6.31. The third-order valence-electron chi connectivity index (χ3n) is 4.06. The second-order valence-corrected chi connectivity index (χ2v) is 6.53. The Kier molecular flexibility index (Phi) is 5.52. The number of aromatic nitrogens is 1. The fourth-order valence-electron chi connectivity index (χ4n) is 2.50. The number of hydrogen-bond donors (Lipinski definition) is 2. The van der Waals surface area contributed by atoms with Crippen molar-refractivity contribution in [3.63, 3.8) is 0 Å². The van der Waals surface area contributed by atoms with Crippen LogP contribution in [0.15, 0.2) is 60.7 Å². The summed E-state index contributed by atoms with van der Waals surface area (Å²) in [6, 6.07) is 17.4. The number of amides is 2. The van der Waals surface area contributed by atoms with Crippen LogP contribution in [0.5, 0.6) is 0 Å². The summed E-state index contributed by atoms with van der Waals surface area (Å²) in [7, 11) is 0. The molecule has 0 unspecified atom stereocenters. The average Bonchev–Trinajstić information content (AvgIpc) is 2.66. The Balaban J connectivity index is 1.78. The first-order valence-electron chi connectivity index (χ1n) is 8.35. The molecule has 2 amide bonds. The maximum Gasteiger partial charge on any atom is 0.274 e. The number of halogens is 1. The molecule has 0 aliphatic carbocycles. The molecule has 3 rings (SSSR count). The van der Waals surface area contributed by atoms with Crippen molar-refractivity contribution in [3.8, 4) is 0 Å². The van der Waals surface area contributed by atoms with Crippen LogP contribution in [-0.4, -0.2) is 16.8 Å². The Bertz CT molecular complexity index is 1020. The van der Waals surface area contributed by atoms with E-state index in [1.165, 1.54) is 0 Å². The van der Waals surface area contributed by atoms with E-state index in [0.717, 1.165) is 11.1 Å². The third kappa shape index (κ3) is 4.51. The van der Waals surface area contributed by atoms with Gasteiger partial charge in [-0.25, -0.2) is 4.98 Å². The van der Waals surface area contributed by atoms with Crippen LogP contribution >= 0.6 is 11.6 Å². The Hall–Kier alpha value is -3.18. The number of benzene rings is 2. The summed E-state index contributed by atoms with van der Waals surface area (Å²) in [5.74, 6) is -0.788. The van der Waals surface area contributed by atoms with Gasteiger partial charge in [0.15, 0.2) is 0 Å². The van der Waals surface area contributed by atoms with Gasteiger partial charge in [0, 0.05) is 16.4 Å². The maximum atomic E-state index is 12.5. The zero-order valence-electron chi connectivity index (χ0n) is 14.9. The fraction of sp³-hybridized carbons (Fsp3) is 0.0952. The molecule has 2 aromatic carbocycles. The number of carbonyl (C=O) groups excluding carboxylic acids is 2. The molecule has 0 radical (unpaired) electrons. The van der Waals surface area contributed by atoms with Crippen molar-refractivity contribution in [3.05, 3.63) is 88.2 Å². The minimum atomic E-state index is -0.411. The lowest BCUT2D eigenvalue weighted by Crippen LogP contribution is -2.19. The van der Waals surface area contributed by atoms with E-state index in [2.05, 4.69) is 15.6 Å². The zero-order chi connectivity index (χ0) is 19.4. The number of rotatable bonds is 4. The molecule has 27 heavy (non-hydrogen) atoms. The van der Waals surface area contributed by atoms with Crippen molar-refractivity contribution in [2.45, 2.75) is 13.8 Å². The SMILES string of the molecule is Cc1ccccc1NC(=O)c1cccc(C(=O)Nc2cc(Cl)ccc2C)n1. The van der Waals surface area contributed by atoms with E-state index in [1.54, 1.807) is 30.3 Å². The van der Waals surface area contributed by atoms with Crippen LogP contribution in [0.2, 0.25) is 5.02 Å². The van der Waals surface area contributed by atoms with E-state index in [4.69, 9.17) is 11.6 Å². The normalized spacial score (nSPS) is 10.3. The fourth-order valence-corrected chi connectivity index (χ4v) is 2.67. The molecule has 0 bridgehead atoms. The molecule has 3 aromatic rings. The number of para-hydroxylation sites is 1. The van der Waals surface area contributed by atoms with Gasteiger partial charge in [0.2, 0.25) is 0 Å². The lowest BCUT2D eigenvalue weighted by Gasteiger charge is -2.10. The summed E-state index contributed by atoms with van der Waals surface area (Å²) < 4.78 is 0. The van der Waals surface area contributed by atoms with Crippen molar-refractivity contribution in [1.82, 2.24) is 4.98 Å². The predicted molar refractivity (Wildman–Crippen MR) is 108 cm³/mol. The highest BCUT2D eigenvalue weighted by atomic mass is 35.5. The van der Waals surface area contributed by atoms with E-state index in [1.807, 2.05) is 44.2 Å². The molecule has 0 aliphatic rings. The lowest BCUT2D eigenvalue weighted by atomic mass is 10.2. The van der Waals surface area contributed by atoms with Gasteiger partial charge in [0.25, 0.3) is 11.8 Å². The Morgan fingerprint density at radius 3 is 2.04 bits per heavy atom. The molecule has 0 saturated heterocycles. The van der Waals surface area contributed by atoms with Gasteiger partial charge in [-0.1, -0.05) is 41.9 Å². The topological polar surface area (TPSA) is 71.1 Å². The number of carbonyl (C=O) groups is 2. The van der Waals surface area contributed by atoms with Gasteiger partial charge in [0.05, 0.1) is 0 Å². The van der Waals surface area contributed by atoms with E-state index in [-0.39, 0.29) is 17.3 Å². The molecular formula is C21H18ClN3O2. The number of nitrogens with one attached hydrogen (secondary N) is 2. The van der Waals surface area contributed by atoms with Gasteiger partial charge >= 0.3 is 0 Å². The van der Waals surface area contributed by atoms with Crippen LogP contribution in [0.25, 0.3) is 0 Å². The quantitative estimate of drug-likeness (QED) is 0.680. The van der Waals surface area contributed by atoms with Crippen LogP contribution in [0.3, 0.4) is 0 Å². The summed E-state index contributed by atoms with van der Waals surface area (Å²) in [6.07, 6.45) is 0. The molecule has 0 aliphatic heterocycles. The summed E-state index contributed by atoms with van der Waals surface area (Å²) in [4.78, 5) is 29.2. The van der Waals surface area contributed by atoms with Gasteiger partial charge in [-0.3, -0.25) is 9.59 Å². The highest BCUT2D eigenvalue weighted by Crippen LogP contribution is 2.21. The van der Waals surface area contributed by atoms with Gasteiger partial charge in [0.1, 0.15) is 11.4 Å². The summed E-state index contributed by atoms with van der Waals surface area (Å²) >= 11 is 5.98.